The van der Waals surface area contributed by atoms with Crippen molar-refractivity contribution in [1.82, 2.24) is 0 Å². The average molecular weight is 385 g/mol. The van der Waals surface area contributed by atoms with Crippen LogP contribution in [-0.4, -0.2) is 0 Å². The van der Waals surface area contributed by atoms with Crippen LogP contribution in [0.2, 0.25) is 0 Å². The minimum atomic E-state index is 0.177. The van der Waals surface area contributed by atoms with Gasteiger partial charge in [-0.15, -0.1) is 0 Å². The van der Waals surface area contributed by atoms with E-state index in [1.807, 2.05) is 0 Å². The molecule has 0 spiro atoms. The van der Waals surface area contributed by atoms with Crippen molar-refractivity contribution in [3.8, 4) is 22.3 Å². The number of benzene rings is 3. The minimum Gasteiger partial charge on any atom is -0.0587 e. The highest BCUT2D eigenvalue weighted by Gasteiger charge is 2.16. The fourth-order valence-corrected chi connectivity index (χ4v) is 3.80. The van der Waals surface area contributed by atoms with Crippen LogP contribution in [-0.2, 0) is 10.8 Å². The molecule has 0 aliphatic carbocycles. The summed E-state index contributed by atoms with van der Waals surface area (Å²) in [5, 5.41) is 0. The van der Waals surface area contributed by atoms with Gasteiger partial charge in [0, 0.05) is 0 Å². The van der Waals surface area contributed by atoms with Gasteiger partial charge in [-0.2, -0.15) is 0 Å². The van der Waals surface area contributed by atoms with E-state index in [-0.39, 0.29) is 10.8 Å². The summed E-state index contributed by atoms with van der Waals surface area (Å²) >= 11 is 0. The lowest BCUT2D eigenvalue weighted by atomic mass is 9.84. The second-order valence-corrected chi connectivity index (χ2v) is 10.6. The van der Waals surface area contributed by atoms with Gasteiger partial charge in [0.2, 0.25) is 0 Å². The van der Waals surface area contributed by atoms with E-state index in [9.17, 15) is 0 Å². The van der Waals surface area contributed by atoms with Crippen LogP contribution < -0.4 is 0 Å². The Morgan fingerprint density at radius 1 is 0.517 bits per heavy atom. The zero-order valence-electron chi connectivity index (χ0n) is 19.4. The highest BCUT2D eigenvalue weighted by molar-refractivity contribution is 5.76. The molecule has 3 rings (SSSR count). The van der Waals surface area contributed by atoms with Gasteiger partial charge in [0.15, 0.2) is 0 Å². The zero-order chi connectivity index (χ0) is 21.4. The lowest BCUT2D eigenvalue weighted by molar-refractivity contribution is 0.590. The molecule has 0 radical (unpaired) electrons. The van der Waals surface area contributed by atoms with Crippen molar-refractivity contribution >= 4 is 0 Å². The maximum atomic E-state index is 2.37. The molecule has 0 saturated carbocycles. The van der Waals surface area contributed by atoms with Gasteiger partial charge >= 0.3 is 0 Å². The monoisotopic (exact) mass is 384 g/mol. The second-order valence-electron chi connectivity index (χ2n) is 10.6. The third-order valence-corrected chi connectivity index (χ3v) is 5.82. The van der Waals surface area contributed by atoms with Gasteiger partial charge in [-0.05, 0) is 61.8 Å². The van der Waals surface area contributed by atoms with Crippen LogP contribution >= 0.6 is 0 Å². The Morgan fingerprint density at radius 3 is 1.34 bits per heavy atom. The Hall–Kier alpha value is -2.34. The van der Waals surface area contributed by atoms with Crippen molar-refractivity contribution in [2.75, 3.05) is 0 Å². The summed E-state index contributed by atoms with van der Waals surface area (Å²) in [4.78, 5) is 0. The molecule has 0 amide bonds. The van der Waals surface area contributed by atoms with Gasteiger partial charge in [-0.3, -0.25) is 0 Å². The molecule has 0 aromatic heterocycles. The summed E-state index contributed by atoms with van der Waals surface area (Å²) in [7, 11) is 0. The summed E-state index contributed by atoms with van der Waals surface area (Å²) in [5.74, 6) is 0.490. The Balaban J connectivity index is 2.05. The molecule has 0 atom stereocenters. The van der Waals surface area contributed by atoms with Crippen molar-refractivity contribution in [1.29, 1.82) is 0 Å². The van der Waals surface area contributed by atoms with E-state index in [4.69, 9.17) is 0 Å². The second kappa shape index (κ2) is 7.82. The topological polar surface area (TPSA) is 0 Å². The fourth-order valence-electron chi connectivity index (χ4n) is 3.80. The Bertz CT molecular complexity index is 957. The molecule has 0 aliphatic heterocycles. The molecule has 0 N–H and O–H groups in total. The fraction of sp³-hybridized carbons (Fsp3) is 0.379. The van der Waals surface area contributed by atoms with Gasteiger partial charge in [-0.25, -0.2) is 0 Å². The zero-order valence-corrected chi connectivity index (χ0v) is 19.4. The van der Waals surface area contributed by atoms with Crippen LogP contribution in [0.4, 0.5) is 0 Å². The van der Waals surface area contributed by atoms with Crippen molar-refractivity contribution in [2.24, 2.45) is 0 Å². The Morgan fingerprint density at radius 2 is 0.931 bits per heavy atom. The van der Waals surface area contributed by atoms with Gasteiger partial charge < -0.3 is 0 Å². The summed E-state index contributed by atoms with van der Waals surface area (Å²) in [6.45, 7) is 18.1. The molecule has 0 fully saturated rings. The molecular weight excluding hydrogens is 348 g/mol. The molecular formula is C29H36. The first-order chi connectivity index (χ1) is 13.5. The molecule has 0 aliphatic rings. The third kappa shape index (κ3) is 4.81. The maximum absolute atomic E-state index is 2.37. The summed E-state index contributed by atoms with van der Waals surface area (Å²) in [5.41, 5.74) is 9.72. The van der Waals surface area contributed by atoms with Crippen molar-refractivity contribution in [3.63, 3.8) is 0 Å². The van der Waals surface area contributed by atoms with Gasteiger partial charge in [0.05, 0.1) is 0 Å². The number of hydrogen-bond acceptors (Lipinski definition) is 0. The van der Waals surface area contributed by atoms with Crippen LogP contribution in [0.1, 0.15) is 78.0 Å². The molecule has 3 aromatic carbocycles. The normalized spacial score (nSPS) is 12.4. The molecule has 0 bridgehead atoms. The first-order valence-electron chi connectivity index (χ1n) is 10.8. The third-order valence-electron chi connectivity index (χ3n) is 5.82. The summed E-state index contributed by atoms with van der Waals surface area (Å²) in [6.07, 6.45) is 0. The molecule has 0 nitrogen and oxygen atoms in total. The molecule has 3 aromatic rings. The van der Waals surface area contributed by atoms with Crippen molar-refractivity contribution in [2.45, 2.75) is 72.1 Å². The molecule has 152 valence electrons. The van der Waals surface area contributed by atoms with E-state index in [0.717, 1.165) is 0 Å². The molecule has 0 heteroatoms. The molecule has 0 unspecified atom stereocenters. The van der Waals surface area contributed by atoms with E-state index in [1.165, 1.54) is 38.9 Å². The summed E-state index contributed by atoms with van der Waals surface area (Å²) < 4.78 is 0. The van der Waals surface area contributed by atoms with Crippen molar-refractivity contribution in [3.05, 3.63) is 83.4 Å². The standard InChI is InChI=1S/C29H36/c1-20(2)26-18-13-23(21-9-14-24(15-10-21)28(3,4)5)19-27(26)22-11-16-25(17-12-22)29(6,7)8/h9-20H,1-8H3. The first kappa shape index (κ1) is 21.4. The van der Waals surface area contributed by atoms with Gasteiger partial charge in [0.1, 0.15) is 0 Å². The Kier molecular flexibility index (Phi) is 5.77. The van der Waals surface area contributed by atoms with Crippen LogP contribution in [0.5, 0.6) is 0 Å². The highest BCUT2D eigenvalue weighted by atomic mass is 14.2. The molecule has 0 saturated heterocycles. The van der Waals surface area contributed by atoms with Crippen LogP contribution in [0.15, 0.2) is 66.7 Å². The minimum absolute atomic E-state index is 0.177. The van der Waals surface area contributed by atoms with Crippen LogP contribution in [0.25, 0.3) is 22.3 Å². The van der Waals surface area contributed by atoms with E-state index >= 15 is 0 Å². The van der Waals surface area contributed by atoms with Gasteiger partial charge in [0.25, 0.3) is 0 Å². The first-order valence-corrected chi connectivity index (χ1v) is 10.8. The lowest BCUT2D eigenvalue weighted by Crippen LogP contribution is -2.10. The van der Waals surface area contributed by atoms with Crippen LogP contribution in [0.3, 0.4) is 0 Å². The van der Waals surface area contributed by atoms with E-state index in [0.29, 0.717) is 5.92 Å². The SMILES string of the molecule is CC(C)c1ccc(-c2ccc(C(C)(C)C)cc2)cc1-c1ccc(C(C)(C)C)cc1. The van der Waals surface area contributed by atoms with Gasteiger partial charge in [-0.1, -0.05) is 116 Å². The van der Waals surface area contributed by atoms with Crippen molar-refractivity contribution < 1.29 is 0 Å². The van der Waals surface area contributed by atoms with Crippen LogP contribution in [0, 0.1) is 0 Å². The lowest BCUT2D eigenvalue weighted by Gasteiger charge is -2.21. The van der Waals surface area contributed by atoms with E-state index < -0.39 is 0 Å². The average Bonchev–Trinajstić information content (AvgIpc) is 2.66. The highest BCUT2D eigenvalue weighted by Crippen LogP contribution is 2.35. The smallest absolute Gasteiger partial charge is 0.0132 e. The molecule has 29 heavy (non-hydrogen) atoms. The predicted molar refractivity (Wildman–Crippen MR) is 129 cm³/mol. The predicted octanol–water partition coefficient (Wildman–Crippen LogP) is 8.74. The quantitative estimate of drug-likeness (QED) is 0.423. The summed E-state index contributed by atoms with van der Waals surface area (Å²) in [6, 6.07) is 25.1. The number of rotatable bonds is 3. The molecule has 0 heterocycles. The number of hydrogen-bond donors (Lipinski definition) is 0. The Labute approximate surface area is 178 Å². The maximum Gasteiger partial charge on any atom is -0.0132 e. The van der Waals surface area contributed by atoms with E-state index in [1.54, 1.807) is 0 Å². The largest absolute Gasteiger partial charge is 0.0587 e. The van der Waals surface area contributed by atoms with E-state index in [2.05, 4.69) is 122 Å².